The number of likely N-dealkylation sites (N-methyl/N-ethyl adjacent to an activating group) is 1. The van der Waals surface area contributed by atoms with E-state index in [4.69, 9.17) is 9.47 Å². The van der Waals surface area contributed by atoms with Crippen LogP contribution in [-0.2, 0) is 9.47 Å². The van der Waals surface area contributed by atoms with E-state index in [-0.39, 0.29) is 5.60 Å². The highest BCUT2D eigenvalue weighted by Crippen LogP contribution is 2.38. The number of rotatable bonds is 6. The zero-order valence-corrected chi connectivity index (χ0v) is 13.0. The fourth-order valence-corrected chi connectivity index (χ4v) is 2.69. The van der Waals surface area contributed by atoms with Crippen LogP contribution in [0.5, 0.6) is 0 Å². The molecule has 0 bridgehead atoms. The summed E-state index contributed by atoms with van der Waals surface area (Å²) in [5, 5.41) is 3.58. The lowest BCUT2D eigenvalue weighted by Gasteiger charge is -2.31. The van der Waals surface area contributed by atoms with E-state index in [1.807, 2.05) is 0 Å². The van der Waals surface area contributed by atoms with Crippen molar-refractivity contribution in [3.05, 3.63) is 0 Å². The molecule has 0 amide bonds. The maximum Gasteiger partial charge on any atom is 0.0734 e. The van der Waals surface area contributed by atoms with Crippen molar-refractivity contribution in [1.82, 2.24) is 5.32 Å². The molecular formula is C15H31NO2. The molecule has 1 rings (SSSR count). The van der Waals surface area contributed by atoms with Crippen molar-refractivity contribution < 1.29 is 9.47 Å². The molecule has 1 aliphatic rings. The minimum Gasteiger partial charge on any atom is -0.374 e. The quantitative estimate of drug-likeness (QED) is 0.742. The van der Waals surface area contributed by atoms with Crippen molar-refractivity contribution in [2.45, 2.75) is 72.1 Å². The van der Waals surface area contributed by atoms with E-state index in [0.717, 1.165) is 13.0 Å². The van der Waals surface area contributed by atoms with E-state index in [1.54, 1.807) is 0 Å². The Morgan fingerprint density at radius 1 is 1.22 bits per heavy atom. The number of hydrogen-bond acceptors (Lipinski definition) is 3. The molecule has 1 saturated carbocycles. The molecule has 3 nitrogen and oxygen atoms in total. The predicted octanol–water partition coefficient (Wildman–Crippen LogP) is 2.98. The Bertz CT molecular complexity index is 245. The topological polar surface area (TPSA) is 30.5 Å². The van der Waals surface area contributed by atoms with Crippen LogP contribution in [0.3, 0.4) is 0 Å². The molecule has 0 heterocycles. The van der Waals surface area contributed by atoms with Crippen molar-refractivity contribution in [2.75, 3.05) is 19.8 Å². The summed E-state index contributed by atoms with van der Waals surface area (Å²) < 4.78 is 11.7. The molecule has 3 heteroatoms. The summed E-state index contributed by atoms with van der Waals surface area (Å²) in [4.78, 5) is 0. The lowest BCUT2D eigenvalue weighted by atomic mass is 9.87. The zero-order valence-electron chi connectivity index (χ0n) is 13.0. The summed E-state index contributed by atoms with van der Waals surface area (Å²) in [6.07, 6.45) is 2.72. The molecule has 1 N–H and O–H groups in total. The van der Waals surface area contributed by atoms with Gasteiger partial charge in [0.2, 0.25) is 0 Å². The van der Waals surface area contributed by atoms with E-state index in [2.05, 4.69) is 46.9 Å². The van der Waals surface area contributed by atoms with Crippen LogP contribution in [0.4, 0.5) is 0 Å². The standard InChI is InChI=1S/C15H31NO2/c1-7-16-13-12(8-9-15(13,5)6)17-10-11-18-14(2,3)4/h12-13,16H,7-11H2,1-6H3. The predicted molar refractivity (Wildman–Crippen MR) is 75.9 cm³/mol. The SMILES string of the molecule is CCNC1C(OCCOC(C)(C)C)CCC1(C)C. The molecule has 0 radical (unpaired) electrons. The largest absolute Gasteiger partial charge is 0.374 e. The summed E-state index contributed by atoms with van der Waals surface area (Å²) in [7, 11) is 0. The van der Waals surface area contributed by atoms with Gasteiger partial charge in [0.15, 0.2) is 0 Å². The molecular weight excluding hydrogens is 226 g/mol. The minimum atomic E-state index is -0.0701. The van der Waals surface area contributed by atoms with Crippen LogP contribution < -0.4 is 5.32 Å². The van der Waals surface area contributed by atoms with E-state index < -0.39 is 0 Å². The Balaban J connectivity index is 2.33. The van der Waals surface area contributed by atoms with Gasteiger partial charge in [0, 0.05) is 6.04 Å². The fraction of sp³-hybridized carbons (Fsp3) is 1.00. The van der Waals surface area contributed by atoms with Gasteiger partial charge in [0.05, 0.1) is 24.9 Å². The first kappa shape index (κ1) is 15.9. The van der Waals surface area contributed by atoms with Crippen LogP contribution in [0.1, 0.15) is 54.4 Å². The highest BCUT2D eigenvalue weighted by Gasteiger charge is 2.41. The fourth-order valence-electron chi connectivity index (χ4n) is 2.69. The third kappa shape index (κ3) is 4.87. The Kier molecular flexibility index (Phi) is 5.63. The smallest absolute Gasteiger partial charge is 0.0734 e. The van der Waals surface area contributed by atoms with Gasteiger partial charge in [-0.3, -0.25) is 0 Å². The van der Waals surface area contributed by atoms with Crippen molar-refractivity contribution in [2.24, 2.45) is 5.41 Å². The van der Waals surface area contributed by atoms with E-state index in [9.17, 15) is 0 Å². The van der Waals surface area contributed by atoms with E-state index in [0.29, 0.717) is 30.8 Å². The van der Waals surface area contributed by atoms with Crippen molar-refractivity contribution in [3.63, 3.8) is 0 Å². The van der Waals surface area contributed by atoms with Gasteiger partial charge in [-0.2, -0.15) is 0 Å². The van der Waals surface area contributed by atoms with Gasteiger partial charge in [-0.15, -0.1) is 0 Å². The Hall–Kier alpha value is -0.120. The van der Waals surface area contributed by atoms with Crippen molar-refractivity contribution in [1.29, 1.82) is 0 Å². The maximum absolute atomic E-state index is 6.01. The van der Waals surface area contributed by atoms with Crippen LogP contribution >= 0.6 is 0 Å². The molecule has 0 aromatic heterocycles. The normalized spacial score (nSPS) is 27.7. The van der Waals surface area contributed by atoms with Crippen LogP contribution in [0.15, 0.2) is 0 Å². The third-order valence-electron chi connectivity index (χ3n) is 3.66. The highest BCUT2D eigenvalue weighted by molar-refractivity contribution is 4.97. The van der Waals surface area contributed by atoms with Gasteiger partial charge in [0.1, 0.15) is 0 Å². The summed E-state index contributed by atoms with van der Waals surface area (Å²) in [5.41, 5.74) is 0.269. The lowest BCUT2D eigenvalue weighted by Crippen LogP contribution is -2.45. The monoisotopic (exact) mass is 257 g/mol. The average molecular weight is 257 g/mol. The van der Waals surface area contributed by atoms with Crippen LogP contribution in [-0.4, -0.2) is 37.5 Å². The van der Waals surface area contributed by atoms with Crippen molar-refractivity contribution in [3.8, 4) is 0 Å². The maximum atomic E-state index is 6.01. The van der Waals surface area contributed by atoms with Gasteiger partial charge >= 0.3 is 0 Å². The Labute approximate surface area is 113 Å². The average Bonchev–Trinajstić information content (AvgIpc) is 2.50. The molecule has 0 aromatic rings. The van der Waals surface area contributed by atoms with Gasteiger partial charge in [0.25, 0.3) is 0 Å². The number of hydrogen-bond donors (Lipinski definition) is 1. The van der Waals surface area contributed by atoms with Crippen LogP contribution in [0.2, 0.25) is 0 Å². The number of nitrogens with one attached hydrogen (secondary N) is 1. The molecule has 2 unspecified atom stereocenters. The summed E-state index contributed by atoms with van der Waals surface area (Å²) in [6.45, 7) is 15.4. The van der Waals surface area contributed by atoms with Gasteiger partial charge < -0.3 is 14.8 Å². The summed E-state index contributed by atoms with van der Waals surface area (Å²) >= 11 is 0. The first-order valence-electron chi connectivity index (χ1n) is 7.25. The lowest BCUT2D eigenvalue weighted by molar-refractivity contribution is -0.0572. The molecule has 1 fully saturated rings. The second kappa shape index (κ2) is 6.36. The molecule has 2 atom stereocenters. The van der Waals surface area contributed by atoms with Gasteiger partial charge in [-0.1, -0.05) is 20.8 Å². The third-order valence-corrected chi connectivity index (χ3v) is 3.66. The van der Waals surface area contributed by atoms with Crippen molar-refractivity contribution >= 4 is 0 Å². The Morgan fingerprint density at radius 3 is 2.44 bits per heavy atom. The molecule has 18 heavy (non-hydrogen) atoms. The summed E-state index contributed by atoms with van der Waals surface area (Å²) in [6, 6.07) is 0.470. The van der Waals surface area contributed by atoms with E-state index in [1.165, 1.54) is 6.42 Å². The number of ether oxygens (including phenoxy) is 2. The molecule has 0 aromatic carbocycles. The molecule has 108 valence electrons. The second-order valence-electron chi connectivity index (χ2n) is 6.93. The second-order valence-corrected chi connectivity index (χ2v) is 6.93. The highest BCUT2D eigenvalue weighted by atomic mass is 16.5. The van der Waals surface area contributed by atoms with Gasteiger partial charge in [-0.05, 0) is 45.6 Å². The molecule has 0 saturated heterocycles. The first-order valence-corrected chi connectivity index (χ1v) is 7.25. The molecule has 0 spiro atoms. The van der Waals surface area contributed by atoms with Gasteiger partial charge in [-0.25, -0.2) is 0 Å². The Morgan fingerprint density at radius 2 is 1.89 bits per heavy atom. The zero-order chi connectivity index (χ0) is 13.8. The summed E-state index contributed by atoms with van der Waals surface area (Å²) in [5.74, 6) is 0. The molecule has 0 aliphatic heterocycles. The van der Waals surface area contributed by atoms with Crippen LogP contribution in [0.25, 0.3) is 0 Å². The first-order chi connectivity index (χ1) is 8.26. The minimum absolute atomic E-state index is 0.0701. The van der Waals surface area contributed by atoms with E-state index >= 15 is 0 Å². The molecule has 1 aliphatic carbocycles. The van der Waals surface area contributed by atoms with Crippen LogP contribution in [0, 0.1) is 5.41 Å².